The van der Waals surface area contributed by atoms with Gasteiger partial charge in [0.1, 0.15) is 12.4 Å². The van der Waals surface area contributed by atoms with Gasteiger partial charge in [0.05, 0.1) is 12.5 Å². The lowest BCUT2D eigenvalue weighted by atomic mass is 9.96. The summed E-state index contributed by atoms with van der Waals surface area (Å²) in [5, 5.41) is 0. The molecule has 2 atom stereocenters. The minimum Gasteiger partial charge on any atom is -0.486 e. The number of hydrogen-bond acceptors (Lipinski definition) is 4. The van der Waals surface area contributed by atoms with Gasteiger partial charge < -0.3 is 19.3 Å². The van der Waals surface area contributed by atoms with Gasteiger partial charge in [-0.2, -0.15) is 0 Å². The summed E-state index contributed by atoms with van der Waals surface area (Å²) in [5.74, 6) is 0.583. The van der Waals surface area contributed by atoms with Crippen molar-refractivity contribution in [3.05, 3.63) is 59.9 Å². The lowest BCUT2D eigenvalue weighted by Gasteiger charge is -2.35. The number of nitrogens with zero attached hydrogens (tertiary/aromatic N) is 2. The Kier molecular flexibility index (Phi) is 5.88. The molecule has 2 aliphatic rings. The first-order chi connectivity index (χ1) is 14.5. The topological polar surface area (TPSA) is 59.1 Å². The van der Waals surface area contributed by atoms with Crippen molar-refractivity contribution in [1.29, 1.82) is 0 Å². The third kappa shape index (κ3) is 4.40. The van der Waals surface area contributed by atoms with Crippen LogP contribution in [0.3, 0.4) is 0 Å². The van der Waals surface area contributed by atoms with E-state index in [1.54, 1.807) is 16.8 Å². The summed E-state index contributed by atoms with van der Waals surface area (Å²) in [6.45, 7) is 1.76. The molecule has 2 aromatic carbocycles. The number of benzene rings is 2. The van der Waals surface area contributed by atoms with Gasteiger partial charge in [-0.25, -0.2) is 4.39 Å². The van der Waals surface area contributed by atoms with Gasteiger partial charge in [0, 0.05) is 25.7 Å². The molecule has 0 bridgehead atoms. The summed E-state index contributed by atoms with van der Waals surface area (Å²) in [6.07, 6.45) is 1.25. The highest BCUT2D eigenvalue weighted by molar-refractivity contribution is 5.94. The Hall–Kier alpha value is -3.09. The zero-order valence-corrected chi connectivity index (χ0v) is 16.9. The zero-order valence-electron chi connectivity index (χ0n) is 16.9. The highest BCUT2D eigenvalue weighted by Crippen LogP contribution is 2.31. The average molecular weight is 412 g/mol. The maximum absolute atomic E-state index is 13.1. The van der Waals surface area contributed by atoms with Crippen LogP contribution in [0.25, 0.3) is 0 Å². The lowest BCUT2D eigenvalue weighted by Crippen LogP contribution is -2.48. The molecule has 0 N–H and O–H groups in total. The van der Waals surface area contributed by atoms with Gasteiger partial charge in [0.15, 0.2) is 17.6 Å². The van der Waals surface area contributed by atoms with E-state index in [4.69, 9.17) is 9.47 Å². The van der Waals surface area contributed by atoms with Gasteiger partial charge in [-0.1, -0.05) is 12.1 Å². The number of piperidine rings is 1. The molecule has 1 fully saturated rings. The molecule has 2 aliphatic heterocycles. The van der Waals surface area contributed by atoms with E-state index in [1.807, 2.05) is 24.3 Å². The molecule has 158 valence electrons. The molecule has 2 amide bonds. The van der Waals surface area contributed by atoms with E-state index in [0.29, 0.717) is 43.3 Å². The number of amides is 2. The summed E-state index contributed by atoms with van der Waals surface area (Å²) in [5.41, 5.74) is 0.435. The molecule has 4 rings (SSSR count). The third-order valence-electron chi connectivity index (χ3n) is 5.57. The highest BCUT2D eigenvalue weighted by atomic mass is 19.1. The number of para-hydroxylation sites is 2. The number of rotatable bonds is 4. The Morgan fingerprint density at radius 3 is 2.63 bits per heavy atom. The first-order valence-electron chi connectivity index (χ1n) is 10.2. The zero-order chi connectivity index (χ0) is 21.1. The second kappa shape index (κ2) is 8.73. The molecule has 0 aromatic heterocycles. The van der Waals surface area contributed by atoms with Crippen LogP contribution in [0.15, 0.2) is 48.5 Å². The number of ether oxygens (including phenoxy) is 2. The monoisotopic (exact) mass is 412 g/mol. The summed E-state index contributed by atoms with van der Waals surface area (Å²) >= 11 is 0. The normalized spacial score (nSPS) is 20.5. The van der Waals surface area contributed by atoms with Crippen LogP contribution >= 0.6 is 0 Å². The molecular weight excluding hydrogens is 387 g/mol. The molecule has 0 saturated carbocycles. The molecule has 2 aromatic rings. The number of carbonyl (C=O) groups excluding carboxylic acids is 2. The highest BCUT2D eigenvalue weighted by Gasteiger charge is 2.32. The van der Waals surface area contributed by atoms with Crippen LogP contribution in [-0.2, 0) is 4.79 Å². The van der Waals surface area contributed by atoms with Crippen molar-refractivity contribution in [1.82, 2.24) is 9.80 Å². The second-order valence-electron chi connectivity index (χ2n) is 7.81. The molecular formula is C23H25FN2O4. The number of hydrogen-bond donors (Lipinski definition) is 0. The minimum atomic E-state index is -0.378. The van der Waals surface area contributed by atoms with Gasteiger partial charge in [0.25, 0.3) is 5.91 Å². The maximum atomic E-state index is 13.1. The Balaban J connectivity index is 1.34. The molecule has 0 spiro atoms. The predicted octanol–water partition coefficient (Wildman–Crippen LogP) is 2.98. The molecule has 30 heavy (non-hydrogen) atoms. The Labute approximate surface area is 175 Å². The van der Waals surface area contributed by atoms with Crippen LogP contribution in [0, 0.1) is 11.7 Å². The van der Waals surface area contributed by atoms with Crippen molar-refractivity contribution in [3.8, 4) is 11.5 Å². The van der Waals surface area contributed by atoms with Crippen LogP contribution < -0.4 is 9.47 Å². The fourth-order valence-electron chi connectivity index (χ4n) is 4.00. The standard InChI is InChI=1S/C23H25FN2O4/c1-25(14-19-15-29-20-6-2-3-7-21(20)30-19)22(27)17-5-4-12-26(13-17)23(28)16-8-10-18(24)11-9-16/h2-3,6-11,17,19H,4-5,12-15H2,1H3/t17-,19+/m1/s1. The largest absolute Gasteiger partial charge is 0.486 e. The molecule has 7 heteroatoms. The van der Waals surface area contributed by atoms with Crippen LogP contribution in [0.2, 0.25) is 0 Å². The molecule has 1 saturated heterocycles. The van der Waals surface area contributed by atoms with Gasteiger partial charge >= 0.3 is 0 Å². The summed E-state index contributed by atoms with van der Waals surface area (Å²) < 4.78 is 24.8. The Bertz CT molecular complexity index is 918. The molecule has 0 aliphatic carbocycles. The summed E-state index contributed by atoms with van der Waals surface area (Å²) in [4.78, 5) is 29.1. The van der Waals surface area contributed by atoms with E-state index in [2.05, 4.69) is 0 Å². The van der Waals surface area contributed by atoms with Crippen LogP contribution in [0.5, 0.6) is 11.5 Å². The fraction of sp³-hybridized carbons (Fsp3) is 0.391. The number of fused-ring (bicyclic) bond motifs is 1. The first-order valence-corrected chi connectivity index (χ1v) is 10.2. The van der Waals surface area contributed by atoms with Gasteiger partial charge in [-0.05, 0) is 49.2 Å². The quantitative estimate of drug-likeness (QED) is 0.775. The van der Waals surface area contributed by atoms with E-state index in [1.165, 1.54) is 24.3 Å². The van der Waals surface area contributed by atoms with Crippen molar-refractivity contribution in [2.45, 2.75) is 18.9 Å². The molecule has 6 nitrogen and oxygen atoms in total. The van der Waals surface area contributed by atoms with Crippen molar-refractivity contribution in [2.24, 2.45) is 5.92 Å². The van der Waals surface area contributed by atoms with E-state index in [0.717, 1.165) is 12.8 Å². The molecule has 0 unspecified atom stereocenters. The smallest absolute Gasteiger partial charge is 0.253 e. The Morgan fingerprint density at radius 1 is 1.13 bits per heavy atom. The lowest BCUT2D eigenvalue weighted by molar-refractivity contribution is -0.137. The fourth-order valence-corrected chi connectivity index (χ4v) is 4.00. The SMILES string of the molecule is CN(C[C@H]1COc2ccccc2O1)C(=O)[C@@H]1CCCN(C(=O)c2ccc(F)cc2)C1. The third-order valence-corrected chi connectivity index (χ3v) is 5.57. The molecule has 2 heterocycles. The van der Waals surface area contributed by atoms with Gasteiger partial charge in [-0.3, -0.25) is 9.59 Å². The van der Waals surface area contributed by atoms with Crippen molar-refractivity contribution in [3.63, 3.8) is 0 Å². The summed E-state index contributed by atoms with van der Waals surface area (Å²) in [7, 11) is 1.76. The van der Waals surface area contributed by atoms with E-state index >= 15 is 0 Å². The second-order valence-corrected chi connectivity index (χ2v) is 7.81. The Morgan fingerprint density at radius 2 is 1.87 bits per heavy atom. The van der Waals surface area contributed by atoms with E-state index in [-0.39, 0.29) is 29.7 Å². The van der Waals surface area contributed by atoms with Crippen molar-refractivity contribution >= 4 is 11.8 Å². The predicted molar refractivity (Wildman–Crippen MR) is 109 cm³/mol. The number of halogens is 1. The number of likely N-dealkylation sites (N-methyl/N-ethyl adjacent to an activating group) is 1. The van der Waals surface area contributed by atoms with Gasteiger partial charge in [0.2, 0.25) is 5.91 Å². The maximum Gasteiger partial charge on any atom is 0.253 e. The van der Waals surface area contributed by atoms with E-state index < -0.39 is 0 Å². The van der Waals surface area contributed by atoms with Crippen LogP contribution in [0.1, 0.15) is 23.2 Å². The van der Waals surface area contributed by atoms with Crippen molar-refractivity contribution in [2.75, 3.05) is 33.3 Å². The minimum absolute atomic E-state index is 0.00550. The van der Waals surface area contributed by atoms with Crippen LogP contribution in [-0.4, -0.2) is 61.0 Å². The van der Waals surface area contributed by atoms with E-state index in [9.17, 15) is 14.0 Å². The van der Waals surface area contributed by atoms with Crippen molar-refractivity contribution < 1.29 is 23.5 Å². The first kappa shape index (κ1) is 20.2. The molecule has 0 radical (unpaired) electrons. The average Bonchev–Trinajstić information content (AvgIpc) is 2.78. The summed E-state index contributed by atoms with van der Waals surface area (Å²) in [6, 6.07) is 13.0. The van der Waals surface area contributed by atoms with Gasteiger partial charge in [-0.15, -0.1) is 0 Å². The van der Waals surface area contributed by atoms with Crippen LogP contribution in [0.4, 0.5) is 4.39 Å². The number of likely N-dealkylation sites (tertiary alicyclic amines) is 1. The number of carbonyl (C=O) groups is 2.